The number of amides is 2. The fourth-order valence-corrected chi connectivity index (χ4v) is 2.93. The van der Waals surface area contributed by atoms with Gasteiger partial charge in [0.25, 0.3) is 0 Å². The van der Waals surface area contributed by atoms with E-state index in [0.717, 1.165) is 32.4 Å². The molecule has 114 valence electrons. The maximum Gasteiger partial charge on any atom is 0.336 e. The van der Waals surface area contributed by atoms with Gasteiger partial charge in [-0.15, -0.1) is 0 Å². The summed E-state index contributed by atoms with van der Waals surface area (Å²) in [7, 11) is 0. The number of likely N-dealkylation sites (tertiary alicyclic amines) is 1. The van der Waals surface area contributed by atoms with Gasteiger partial charge in [0.15, 0.2) is 0 Å². The second-order valence-corrected chi connectivity index (χ2v) is 6.12. The number of carboxylic acids is 1. The highest BCUT2D eigenvalue weighted by Gasteiger charge is 2.22. The summed E-state index contributed by atoms with van der Waals surface area (Å²) < 4.78 is 0.497. The van der Waals surface area contributed by atoms with E-state index >= 15 is 0 Å². The average molecular weight is 355 g/mol. The quantitative estimate of drug-likeness (QED) is 0.867. The number of piperidine rings is 1. The van der Waals surface area contributed by atoms with Crippen LogP contribution in [0, 0.1) is 5.92 Å². The summed E-state index contributed by atoms with van der Waals surface area (Å²) in [6.07, 6.45) is 3.22. The van der Waals surface area contributed by atoms with Gasteiger partial charge in [-0.2, -0.15) is 0 Å². The minimum Gasteiger partial charge on any atom is -0.478 e. The van der Waals surface area contributed by atoms with Crippen molar-refractivity contribution in [2.75, 3.05) is 18.4 Å². The third-order valence-corrected chi connectivity index (χ3v) is 4.62. The van der Waals surface area contributed by atoms with Crippen LogP contribution < -0.4 is 5.32 Å². The minimum atomic E-state index is -1.03. The summed E-state index contributed by atoms with van der Waals surface area (Å²) in [6, 6.07) is 4.61. The van der Waals surface area contributed by atoms with Crippen molar-refractivity contribution >= 4 is 33.6 Å². The van der Waals surface area contributed by atoms with Crippen molar-refractivity contribution in [3.05, 3.63) is 28.2 Å². The van der Waals surface area contributed by atoms with Crippen LogP contribution in [-0.2, 0) is 0 Å². The first-order chi connectivity index (χ1) is 10.0. The predicted molar refractivity (Wildman–Crippen MR) is 84.7 cm³/mol. The van der Waals surface area contributed by atoms with Crippen LogP contribution in [0.5, 0.6) is 0 Å². The first-order valence-corrected chi connectivity index (χ1v) is 7.89. The Morgan fingerprint density at radius 3 is 2.62 bits per heavy atom. The molecule has 1 saturated heterocycles. The predicted octanol–water partition coefficient (Wildman–Crippen LogP) is 3.80. The molecule has 2 N–H and O–H groups in total. The molecular formula is C15H19BrN2O3. The monoisotopic (exact) mass is 354 g/mol. The number of anilines is 1. The summed E-state index contributed by atoms with van der Waals surface area (Å²) in [6.45, 7) is 3.69. The van der Waals surface area contributed by atoms with E-state index in [1.807, 2.05) is 0 Å². The zero-order valence-corrected chi connectivity index (χ0v) is 13.5. The van der Waals surface area contributed by atoms with Gasteiger partial charge in [0, 0.05) is 23.2 Å². The lowest BCUT2D eigenvalue weighted by atomic mass is 9.95. The number of carbonyl (C=O) groups is 2. The highest BCUT2D eigenvalue weighted by molar-refractivity contribution is 9.10. The third kappa shape index (κ3) is 3.97. The second-order valence-electron chi connectivity index (χ2n) is 5.27. The van der Waals surface area contributed by atoms with Crippen molar-refractivity contribution in [3.63, 3.8) is 0 Å². The lowest BCUT2D eigenvalue weighted by Gasteiger charge is -2.31. The summed E-state index contributed by atoms with van der Waals surface area (Å²) in [4.78, 5) is 25.0. The molecule has 0 unspecified atom stereocenters. The van der Waals surface area contributed by atoms with Gasteiger partial charge in [0.1, 0.15) is 0 Å². The summed E-state index contributed by atoms with van der Waals surface area (Å²) in [5, 5.41) is 11.8. The molecule has 1 aromatic rings. The molecule has 0 radical (unpaired) electrons. The Kier molecular flexibility index (Phi) is 5.22. The van der Waals surface area contributed by atoms with Crippen LogP contribution >= 0.6 is 15.9 Å². The van der Waals surface area contributed by atoms with Crippen molar-refractivity contribution < 1.29 is 14.7 Å². The first-order valence-electron chi connectivity index (χ1n) is 7.10. The van der Waals surface area contributed by atoms with Gasteiger partial charge in [-0.1, -0.05) is 13.3 Å². The van der Waals surface area contributed by atoms with E-state index in [-0.39, 0.29) is 11.6 Å². The lowest BCUT2D eigenvalue weighted by Crippen LogP contribution is -2.40. The number of benzene rings is 1. The van der Waals surface area contributed by atoms with Gasteiger partial charge in [-0.05, 0) is 52.9 Å². The summed E-state index contributed by atoms with van der Waals surface area (Å²) in [5.74, 6) is -0.318. The maximum atomic E-state index is 12.2. The Morgan fingerprint density at radius 2 is 2.05 bits per heavy atom. The van der Waals surface area contributed by atoms with Gasteiger partial charge in [-0.3, -0.25) is 0 Å². The zero-order chi connectivity index (χ0) is 15.4. The van der Waals surface area contributed by atoms with Gasteiger partial charge in [-0.25, -0.2) is 9.59 Å². The van der Waals surface area contributed by atoms with E-state index in [1.165, 1.54) is 6.07 Å². The van der Waals surface area contributed by atoms with Gasteiger partial charge in [0.2, 0.25) is 0 Å². The largest absolute Gasteiger partial charge is 0.478 e. The Hall–Kier alpha value is -1.56. The maximum absolute atomic E-state index is 12.2. The molecule has 0 saturated carbocycles. The van der Waals surface area contributed by atoms with Crippen LogP contribution in [0.3, 0.4) is 0 Å². The van der Waals surface area contributed by atoms with Crippen LogP contribution in [-0.4, -0.2) is 35.1 Å². The van der Waals surface area contributed by atoms with E-state index < -0.39 is 5.97 Å². The van der Waals surface area contributed by atoms with Crippen LogP contribution in [0.15, 0.2) is 22.7 Å². The normalized spacial score (nSPS) is 15.8. The van der Waals surface area contributed by atoms with Crippen molar-refractivity contribution in [1.82, 2.24) is 4.90 Å². The fourth-order valence-electron chi connectivity index (χ4n) is 2.51. The molecule has 0 spiro atoms. The molecule has 1 aliphatic rings. The summed E-state index contributed by atoms with van der Waals surface area (Å²) >= 11 is 3.18. The number of hydrogen-bond donors (Lipinski definition) is 2. The van der Waals surface area contributed by atoms with Gasteiger partial charge >= 0.3 is 12.0 Å². The molecule has 1 fully saturated rings. The van der Waals surface area contributed by atoms with Crippen molar-refractivity contribution in [2.45, 2.75) is 26.2 Å². The molecule has 2 rings (SSSR count). The Bertz CT molecular complexity index is 540. The number of rotatable bonds is 3. The minimum absolute atomic E-state index is 0.137. The number of carbonyl (C=O) groups excluding carboxylic acids is 1. The summed E-state index contributed by atoms with van der Waals surface area (Å²) in [5.41, 5.74) is 0.635. The van der Waals surface area contributed by atoms with Gasteiger partial charge in [0.05, 0.1) is 5.56 Å². The molecule has 5 nitrogen and oxygen atoms in total. The van der Waals surface area contributed by atoms with Crippen LogP contribution in [0.1, 0.15) is 36.5 Å². The van der Waals surface area contributed by atoms with E-state index in [1.54, 1.807) is 17.0 Å². The van der Waals surface area contributed by atoms with Crippen molar-refractivity contribution in [1.29, 1.82) is 0 Å². The first kappa shape index (κ1) is 15.8. The molecule has 0 aromatic heterocycles. The number of aromatic carboxylic acids is 1. The van der Waals surface area contributed by atoms with Crippen LogP contribution in [0.2, 0.25) is 0 Å². The van der Waals surface area contributed by atoms with E-state index in [4.69, 9.17) is 5.11 Å². The standard InChI is InChI=1S/C15H19BrN2O3/c1-2-10-5-7-18(8-6-10)15(21)17-11-3-4-13(16)12(9-11)14(19)20/h3-4,9-10H,2,5-8H2,1H3,(H,17,21)(H,19,20). The topological polar surface area (TPSA) is 69.6 Å². The van der Waals surface area contributed by atoms with Crippen molar-refractivity contribution in [3.8, 4) is 0 Å². The number of urea groups is 1. The van der Waals surface area contributed by atoms with Gasteiger partial charge < -0.3 is 15.3 Å². The Labute approximate surface area is 132 Å². The smallest absolute Gasteiger partial charge is 0.336 e. The number of nitrogens with zero attached hydrogens (tertiary/aromatic N) is 1. The second kappa shape index (κ2) is 6.93. The highest BCUT2D eigenvalue weighted by Crippen LogP contribution is 2.23. The molecule has 0 bridgehead atoms. The van der Waals surface area contributed by atoms with Crippen molar-refractivity contribution in [2.24, 2.45) is 5.92 Å². The number of nitrogens with one attached hydrogen (secondary N) is 1. The lowest BCUT2D eigenvalue weighted by molar-refractivity contribution is 0.0696. The number of hydrogen-bond acceptors (Lipinski definition) is 2. The molecule has 21 heavy (non-hydrogen) atoms. The molecule has 1 aromatic carbocycles. The molecule has 1 aliphatic heterocycles. The van der Waals surface area contributed by atoms with E-state index in [2.05, 4.69) is 28.2 Å². The fraction of sp³-hybridized carbons (Fsp3) is 0.467. The van der Waals surface area contributed by atoms with Crippen LogP contribution in [0.25, 0.3) is 0 Å². The average Bonchev–Trinajstić information content (AvgIpc) is 2.49. The Balaban J connectivity index is 2.00. The van der Waals surface area contributed by atoms with E-state index in [0.29, 0.717) is 16.1 Å². The SMILES string of the molecule is CCC1CCN(C(=O)Nc2ccc(Br)c(C(=O)O)c2)CC1. The third-order valence-electron chi connectivity index (χ3n) is 3.93. The molecule has 0 atom stereocenters. The highest BCUT2D eigenvalue weighted by atomic mass is 79.9. The zero-order valence-electron chi connectivity index (χ0n) is 11.9. The Morgan fingerprint density at radius 1 is 1.38 bits per heavy atom. The van der Waals surface area contributed by atoms with Crippen LogP contribution in [0.4, 0.5) is 10.5 Å². The number of carboxylic acid groups (broad SMARTS) is 1. The van der Waals surface area contributed by atoms with E-state index in [9.17, 15) is 9.59 Å². The molecule has 6 heteroatoms. The molecule has 2 amide bonds. The number of halogens is 1. The molecule has 0 aliphatic carbocycles. The molecular weight excluding hydrogens is 336 g/mol. The molecule has 1 heterocycles.